The molecule has 0 radical (unpaired) electrons. The molecule has 0 N–H and O–H groups in total. The summed E-state index contributed by atoms with van der Waals surface area (Å²) in [4.78, 5) is 13.7. The van der Waals surface area contributed by atoms with Crippen molar-refractivity contribution in [3.63, 3.8) is 0 Å². The van der Waals surface area contributed by atoms with E-state index in [9.17, 15) is 0 Å². The van der Waals surface area contributed by atoms with E-state index in [4.69, 9.17) is 14.5 Å². The topological polar surface area (TPSA) is 64.8 Å². The minimum absolute atomic E-state index is 0.173. The summed E-state index contributed by atoms with van der Waals surface area (Å²) in [7, 11) is 4.03. The zero-order valence-electron chi connectivity index (χ0n) is 15.3. The monoisotopic (exact) mass is 361 g/mol. The third-order valence-electron chi connectivity index (χ3n) is 4.42. The predicted molar refractivity (Wildman–Crippen MR) is 97.5 cm³/mol. The van der Waals surface area contributed by atoms with Gasteiger partial charge in [-0.05, 0) is 40.4 Å². The van der Waals surface area contributed by atoms with Crippen LogP contribution in [0.1, 0.15) is 30.1 Å². The maximum absolute atomic E-state index is 5.95. The SMILES string of the molecule is Cc1nc2sc3c(c2c2nc(OCCN(C)C)nn12)CC(C)(C)OC3. The lowest BCUT2D eigenvalue weighted by Crippen LogP contribution is -2.31. The van der Waals surface area contributed by atoms with Gasteiger partial charge in [0.15, 0.2) is 5.65 Å². The Hall–Kier alpha value is -1.77. The van der Waals surface area contributed by atoms with Crippen molar-refractivity contribution in [3.05, 3.63) is 16.3 Å². The van der Waals surface area contributed by atoms with Crippen LogP contribution < -0.4 is 4.74 Å². The molecule has 4 rings (SSSR count). The lowest BCUT2D eigenvalue weighted by Gasteiger charge is -2.30. The highest BCUT2D eigenvalue weighted by atomic mass is 32.1. The number of ether oxygens (including phenoxy) is 2. The third-order valence-corrected chi connectivity index (χ3v) is 5.52. The quantitative estimate of drug-likeness (QED) is 0.711. The third kappa shape index (κ3) is 2.98. The molecule has 4 heterocycles. The van der Waals surface area contributed by atoms with Crippen LogP contribution >= 0.6 is 11.3 Å². The molecule has 0 saturated carbocycles. The largest absolute Gasteiger partial charge is 0.461 e. The van der Waals surface area contributed by atoms with Crippen LogP contribution in [0.3, 0.4) is 0 Å². The fourth-order valence-electron chi connectivity index (χ4n) is 3.10. The van der Waals surface area contributed by atoms with Gasteiger partial charge in [-0.1, -0.05) is 0 Å². The van der Waals surface area contributed by atoms with Crippen molar-refractivity contribution in [3.8, 4) is 6.01 Å². The standard InChI is InChI=1S/C17H23N5O2S/c1-10-18-15-13(11-8-17(2,3)24-9-12(11)25-15)14-19-16(20-22(10)14)23-7-6-21(4)5/h6-9H2,1-5H3. The van der Waals surface area contributed by atoms with Crippen molar-refractivity contribution in [2.75, 3.05) is 27.2 Å². The Morgan fingerprint density at radius 1 is 1.32 bits per heavy atom. The fraction of sp³-hybridized carbons (Fsp3) is 0.588. The molecular formula is C17H23N5O2S. The number of nitrogens with zero attached hydrogens (tertiary/aromatic N) is 5. The molecule has 0 fully saturated rings. The lowest BCUT2D eigenvalue weighted by atomic mass is 9.94. The molecular weight excluding hydrogens is 338 g/mol. The summed E-state index contributed by atoms with van der Waals surface area (Å²) >= 11 is 1.70. The van der Waals surface area contributed by atoms with Crippen LogP contribution in [0.2, 0.25) is 0 Å². The molecule has 8 heteroatoms. The van der Waals surface area contributed by atoms with Crippen LogP contribution in [0.25, 0.3) is 15.9 Å². The molecule has 0 aromatic carbocycles. The number of aromatic nitrogens is 4. The molecule has 3 aromatic rings. The maximum atomic E-state index is 5.95. The summed E-state index contributed by atoms with van der Waals surface area (Å²) in [6.07, 6.45) is 0.854. The van der Waals surface area contributed by atoms with Gasteiger partial charge in [0, 0.05) is 17.8 Å². The van der Waals surface area contributed by atoms with Gasteiger partial charge in [-0.15, -0.1) is 16.4 Å². The normalized spacial score (nSPS) is 16.7. The van der Waals surface area contributed by atoms with E-state index in [1.165, 1.54) is 10.4 Å². The second kappa shape index (κ2) is 5.89. The molecule has 0 bridgehead atoms. The Morgan fingerprint density at radius 3 is 2.88 bits per heavy atom. The van der Waals surface area contributed by atoms with Crippen molar-refractivity contribution >= 4 is 27.2 Å². The smallest absolute Gasteiger partial charge is 0.336 e. The van der Waals surface area contributed by atoms with Crippen LogP contribution in [0.5, 0.6) is 6.01 Å². The van der Waals surface area contributed by atoms with Gasteiger partial charge in [0.2, 0.25) is 0 Å². The average molecular weight is 361 g/mol. The first-order valence-corrected chi connectivity index (χ1v) is 9.25. The van der Waals surface area contributed by atoms with Crippen molar-refractivity contribution in [1.29, 1.82) is 0 Å². The summed E-state index contributed by atoms with van der Waals surface area (Å²) in [5.74, 6) is 0.816. The zero-order valence-corrected chi connectivity index (χ0v) is 16.1. The van der Waals surface area contributed by atoms with Gasteiger partial charge in [-0.2, -0.15) is 9.50 Å². The maximum Gasteiger partial charge on any atom is 0.336 e. The molecule has 0 spiro atoms. The van der Waals surface area contributed by atoms with Gasteiger partial charge >= 0.3 is 6.01 Å². The predicted octanol–water partition coefficient (Wildman–Crippen LogP) is 2.44. The van der Waals surface area contributed by atoms with Gasteiger partial charge in [0.25, 0.3) is 0 Å². The minimum atomic E-state index is -0.173. The highest BCUT2D eigenvalue weighted by Crippen LogP contribution is 2.40. The van der Waals surface area contributed by atoms with Gasteiger partial charge in [0.1, 0.15) is 17.3 Å². The van der Waals surface area contributed by atoms with Crippen molar-refractivity contribution < 1.29 is 9.47 Å². The minimum Gasteiger partial charge on any atom is -0.461 e. The highest BCUT2D eigenvalue weighted by molar-refractivity contribution is 7.19. The molecule has 0 saturated heterocycles. The van der Waals surface area contributed by atoms with Gasteiger partial charge < -0.3 is 14.4 Å². The number of thiophene rings is 1. The zero-order chi connectivity index (χ0) is 17.8. The molecule has 25 heavy (non-hydrogen) atoms. The van der Waals surface area contributed by atoms with Crippen molar-refractivity contribution in [2.45, 2.75) is 39.4 Å². The Morgan fingerprint density at radius 2 is 2.12 bits per heavy atom. The number of aryl methyl sites for hydroxylation is 1. The summed E-state index contributed by atoms with van der Waals surface area (Å²) < 4.78 is 13.5. The molecule has 7 nitrogen and oxygen atoms in total. The number of hydrogen-bond donors (Lipinski definition) is 0. The molecule has 3 aromatic heterocycles. The molecule has 0 amide bonds. The Bertz CT molecular complexity index is 944. The number of fused-ring (bicyclic) bond motifs is 5. The van der Waals surface area contributed by atoms with Gasteiger partial charge in [-0.25, -0.2) is 4.98 Å². The first-order valence-electron chi connectivity index (χ1n) is 8.43. The highest BCUT2D eigenvalue weighted by Gasteiger charge is 2.31. The Labute approximate surface area is 150 Å². The van der Waals surface area contributed by atoms with E-state index >= 15 is 0 Å². The summed E-state index contributed by atoms with van der Waals surface area (Å²) in [6, 6.07) is 0.408. The van der Waals surface area contributed by atoms with E-state index in [1.54, 1.807) is 15.9 Å². The lowest BCUT2D eigenvalue weighted by molar-refractivity contribution is -0.0379. The molecule has 134 valence electrons. The van der Waals surface area contributed by atoms with Crippen LogP contribution in [-0.2, 0) is 17.8 Å². The number of rotatable bonds is 4. The molecule has 1 aliphatic rings. The first kappa shape index (κ1) is 16.7. The molecule has 1 aliphatic heterocycles. The Balaban J connectivity index is 1.81. The Kier molecular flexibility index (Phi) is 3.93. The van der Waals surface area contributed by atoms with Crippen molar-refractivity contribution in [1.82, 2.24) is 24.5 Å². The van der Waals surface area contributed by atoms with E-state index in [0.29, 0.717) is 19.2 Å². The number of hydrogen-bond acceptors (Lipinski definition) is 7. The van der Waals surface area contributed by atoms with Crippen LogP contribution in [0.4, 0.5) is 0 Å². The van der Waals surface area contributed by atoms with Gasteiger partial charge in [-0.3, -0.25) is 0 Å². The van der Waals surface area contributed by atoms with E-state index in [2.05, 4.69) is 28.8 Å². The second-order valence-corrected chi connectivity index (χ2v) is 8.43. The molecule has 0 unspecified atom stereocenters. The second-order valence-electron chi connectivity index (χ2n) is 7.35. The van der Waals surface area contributed by atoms with Gasteiger partial charge in [0.05, 0.1) is 17.6 Å². The summed E-state index contributed by atoms with van der Waals surface area (Å²) in [6.45, 7) is 8.21. The van der Waals surface area contributed by atoms with E-state index in [1.807, 2.05) is 21.0 Å². The summed E-state index contributed by atoms with van der Waals surface area (Å²) in [5.41, 5.74) is 1.95. The molecule has 0 aliphatic carbocycles. The summed E-state index contributed by atoms with van der Waals surface area (Å²) in [5, 5.41) is 5.59. The number of likely N-dealkylation sites (N-methyl/N-ethyl adjacent to an activating group) is 1. The first-order chi connectivity index (χ1) is 11.8. The van der Waals surface area contributed by atoms with Crippen LogP contribution in [0, 0.1) is 6.92 Å². The van der Waals surface area contributed by atoms with Crippen molar-refractivity contribution in [2.24, 2.45) is 0 Å². The van der Waals surface area contributed by atoms with E-state index < -0.39 is 0 Å². The average Bonchev–Trinajstić information content (AvgIpc) is 3.07. The van der Waals surface area contributed by atoms with E-state index in [0.717, 1.165) is 34.7 Å². The van der Waals surface area contributed by atoms with Crippen LogP contribution in [0.15, 0.2) is 0 Å². The fourth-order valence-corrected chi connectivity index (χ4v) is 4.25. The molecule has 0 atom stereocenters. The van der Waals surface area contributed by atoms with E-state index in [-0.39, 0.29) is 5.60 Å². The van der Waals surface area contributed by atoms with Crippen LogP contribution in [-0.4, -0.2) is 57.3 Å².